The molecule has 6 rings (SSSR count). The highest BCUT2D eigenvalue weighted by Gasteiger charge is 2.39. The second kappa shape index (κ2) is 26.6. The van der Waals surface area contributed by atoms with Crippen molar-refractivity contribution in [2.75, 3.05) is 28.4 Å². The molecule has 0 aliphatic carbocycles. The van der Waals surface area contributed by atoms with Gasteiger partial charge in [0.25, 0.3) is 0 Å². The molecule has 388 valence electrons. The first-order valence-corrected chi connectivity index (χ1v) is 26.7. The Labute approximate surface area is 426 Å². The molecule has 0 bridgehead atoms. The van der Waals surface area contributed by atoms with E-state index in [1.165, 1.54) is 8.61 Å². The fourth-order valence-electron chi connectivity index (χ4n) is 7.52. The molecule has 0 radical (unpaired) electrons. The predicted molar refractivity (Wildman–Crippen MR) is 279 cm³/mol. The number of sulfonamides is 2. The molecule has 0 unspecified atom stereocenters. The topological polar surface area (TPSA) is 182 Å². The van der Waals surface area contributed by atoms with Gasteiger partial charge in [0.2, 0.25) is 20.0 Å². The van der Waals surface area contributed by atoms with E-state index in [1.807, 2.05) is 139 Å². The fourth-order valence-corrected chi connectivity index (χ4v) is 10.8. The normalized spacial score (nSPS) is 13.6. The summed E-state index contributed by atoms with van der Waals surface area (Å²) >= 11 is 0. The molecule has 4 aromatic carbocycles. The molecule has 18 heteroatoms. The quantitative estimate of drug-likeness (QED) is 0.0559. The van der Waals surface area contributed by atoms with Crippen LogP contribution in [-0.2, 0) is 55.7 Å². The van der Waals surface area contributed by atoms with E-state index in [0.29, 0.717) is 34.4 Å². The average Bonchev–Trinajstić information content (AvgIpc) is 3.38. The van der Waals surface area contributed by atoms with Gasteiger partial charge in [-0.3, -0.25) is 19.9 Å². The van der Waals surface area contributed by atoms with Gasteiger partial charge in [0, 0.05) is 38.6 Å². The van der Waals surface area contributed by atoms with E-state index in [4.69, 9.17) is 28.4 Å². The Morgan fingerprint density at radius 1 is 0.403 bits per heavy atom. The number of rotatable bonds is 24. The number of benzene rings is 4. The second-order valence-electron chi connectivity index (χ2n) is 17.8. The molecule has 0 fully saturated rings. The summed E-state index contributed by atoms with van der Waals surface area (Å²) in [4.78, 5) is 17.5. The van der Waals surface area contributed by atoms with Crippen LogP contribution in [0.15, 0.2) is 122 Å². The summed E-state index contributed by atoms with van der Waals surface area (Å²) in [7, 11) is -1.32. The van der Waals surface area contributed by atoms with Crippen molar-refractivity contribution in [2.24, 2.45) is 0 Å². The van der Waals surface area contributed by atoms with Crippen molar-refractivity contribution in [1.82, 2.24) is 28.5 Å². The highest BCUT2D eigenvalue weighted by Crippen LogP contribution is 2.32. The molecular weight excluding hydrogens is 957 g/mol. The monoisotopic (exact) mass is 1030 g/mol. The number of ether oxygens (including phenoxy) is 6. The first-order valence-electron chi connectivity index (χ1n) is 23.7. The van der Waals surface area contributed by atoms with Gasteiger partial charge < -0.3 is 28.4 Å². The van der Waals surface area contributed by atoms with E-state index in [1.54, 1.807) is 67.1 Å². The van der Waals surface area contributed by atoms with Crippen molar-refractivity contribution in [3.05, 3.63) is 167 Å². The lowest BCUT2D eigenvalue weighted by Crippen LogP contribution is -2.41. The minimum atomic E-state index is -3.85. The summed E-state index contributed by atoms with van der Waals surface area (Å²) in [6.45, 7) is 15.3. The third-order valence-electron chi connectivity index (χ3n) is 11.6. The predicted octanol–water partition coefficient (Wildman–Crippen LogP) is 9.38. The molecule has 0 aliphatic rings. The van der Waals surface area contributed by atoms with Crippen LogP contribution in [0.3, 0.4) is 0 Å². The van der Waals surface area contributed by atoms with Crippen molar-refractivity contribution < 1.29 is 45.3 Å². The molecule has 4 atom stereocenters. The van der Waals surface area contributed by atoms with Gasteiger partial charge in [-0.2, -0.15) is 8.61 Å². The summed E-state index contributed by atoms with van der Waals surface area (Å²) in [6.07, 6.45) is 4.46. The summed E-state index contributed by atoms with van der Waals surface area (Å²) in [6, 6.07) is 29.5. The molecule has 0 amide bonds. The molecule has 0 saturated heterocycles. The maximum absolute atomic E-state index is 14.1. The van der Waals surface area contributed by atoms with Crippen LogP contribution in [0, 0.1) is 13.8 Å². The van der Waals surface area contributed by atoms with Gasteiger partial charge >= 0.3 is 0 Å². The Hall–Kier alpha value is -6.02. The largest absolute Gasteiger partial charge is 0.497 e. The number of nitrogens with zero attached hydrogens (tertiary/aromatic N) is 6. The van der Waals surface area contributed by atoms with Crippen LogP contribution < -0.4 is 18.9 Å². The minimum Gasteiger partial charge on any atom is -0.497 e. The van der Waals surface area contributed by atoms with Gasteiger partial charge in [0.15, 0.2) is 0 Å². The van der Waals surface area contributed by atoms with Gasteiger partial charge in [-0.15, -0.1) is 0 Å². The highest BCUT2D eigenvalue weighted by atomic mass is 32.2. The maximum atomic E-state index is 14.1. The molecule has 0 spiro atoms. The summed E-state index contributed by atoms with van der Waals surface area (Å²) in [5.74, 6) is 2.83. The zero-order valence-corrected chi connectivity index (χ0v) is 45.1. The second-order valence-corrected chi connectivity index (χ2v) is 22.4. The van der Waals surface area contributed by atoms with E-state index in [0.717, 1.165) is 33.6 Å². The smallest absolute Gasteiger partial charge is 0.220 e. The first kappa shape index (κ1) is 56.9. The average molecular weight is 1030 g/mol. The summed E-state index contributed by atoms with van der Waals surface area (Å²) in [5, 5.41) is -1.82. The van der Waals surface area contributed by atoms with Crippen LogP contribution in [0.25, 0.3) is 0 Å². The van der Waals surface area contributed by atoms with Crippen molar-refractivity contribution in [2.45, 2.75) is 116 Å². The Balaban J connectivity index is 0.000000267. The summed E-state index contributed by atoms with van der Waals surface area (Å²) < 4.78 is 92.5. The van der Waals surface area contributed by atoms with Crippen LogP contribution in [0.2, 0.25) is 0 Å². The van der Waals surface area contributed by atoms with Crippen molar-refractivity contribution in [1.29, 1.82) is 0 Å². The lowest BCUT2D eigenvalue weighted by atomic mass is 10.2. The standard InChI is InChI=1S/2C27H35N3O5S/c2*1-19(2)35-27(26-16-28-20(3)15-29-26)21(4)36(31,32)30(17-22-7-11-24(33-5)12-8-22)18-23-9-13-25(34-6)14-10-23/h2*7-16,19,21,27H,17-18H2,1-6H3/t2*21-,27+/m10/s1. The zero-order chi connectivity index (χ0) is 52.6. The molecule has 6 aromatic rings. The zero-order valence-electron chi connectivity index (χ0n) is 43.4. The van der Waals surface area contributed by atoms with Crippen LogP contribution in [0.4, 0.5) is 0 Å². The van der Waals surface area contributed by atoms with Crippen molar-refractivity contribution >= 4 is 20.0 Å². The lowest BCUT2D eigenvalue weighted by molar-refractivity contribution is 0.00274. The van der Waals surface area contributed by atoms with Crippen molar-refractivity contribution in [3.63, 3.8) is 0 Å². The Morgan fingerprint density at radius 2 is 0.653 bits per heavy atom. The molecule has 0 N–H and O–H groups in total. The molecule has 0 aliphatic heterocycles. The van der Waals surface area contributed by atoms with Crippen LogP contribution in [-0.4, -0.2) is 96.5 Å². The van der Waals surface area contributed by atoms with Gasteiger partial charge in [-0.05, 0) is 126 Å². The van der Waals surface area contributed by atoms with E-state index in [-0.39, 0.29) is 38.4 Å². The highest BCUT2D eigenvalue weighted by molar-refractivity contribution is 7.90. The molecule has 2 aromatic heterocycles. The third-order valence-corrected chi connectivity index (χ3v) is 15.9. The first-order chi connectivity index (χ1) is 34.3. The van der Waals surface area contributed by atoms with Gasteiger partial charge in [-0.1, -0.05) is 48.5 Å². The van der Waals surface area contributed by atoms with E-state index in [9.17, 15) is 16.8 Å². The van der Waals surface area contributed by atoms with Gasteiger partial charge in [-0.25, -0.2) is 16.8 Å². The number of hydrogen-bond acceptors (Lipinski definition) is 14. The molecular formula is C54H70N6O10S2. The van der Waals surface area contributed by atoms with Gasteiger partial charge in [0.05, 0.1) is 75.8 Å². The fraction of sp³-hybridized carbons (Fsp3) is 0.407. The number of aromatic nitrogens is 4. The van der Waals surface area contributed by atoms with Crippen LogP contribution >= 0.6 is 0 Å². The Bertz CT molecular complexity index is 2490. The Kier molecular flexibility index (Phi) is 21.0. The lowest BCUT2D eigenvalue weighted by Gasteiger charge is -2.31. The molecule has 2 heterocycles. The molecule has 72 heavy (non-hydrogen) atoms. The SMILES string of the molecule is COc1ccc(CN(Cc2ccc(OC)cc2)S(=O)(=O)[C@@H](C)[C@@H](OC(C)C)c2cnc(C)cn2)cc1.COc1ccc(CN(Cc2ccc(OC)cc2)S(=O)(=O)[C@H](C)[C@H](OC(C)C)c2cnc(C)cn2)cc1. The molecule has 0 saturated carbocycles. The maximum Gasteiger partial charge on any atom is 0.220 e. The van der Waals surface area contributed by atoms with E-state index < -0.39 is 42.8 Å². The van der Waals surface area contributed by atoms with E-state index >= 15 is 0 Å². The molecule has 16 nitrogen and oxygen atoms in total. The van der Waals surface area contributed by atoms with Crippen LogP contribution in [0.5, 0.6) is 23.0 Å². The third kappa shape index (κ3) is 16.0. The summed E-state index contributed by atoms with van der Waals surface area (Å²) in [5.41, 5.74) is 5.84. The Morgan fingerprint density at radius 3 is 0.847 bits per heavy atom. The van der Waals surface area contributed by atoms with Crippen LogP contribution in [0.1, 0.15) is 98.8 Å². The van der Waals surface area contributed by atoms with E-state index in [2.05, 4.69) is 19.9 Å². The number of methoxy groups -OCH3 is 4. The van der Waals surface area contributed by atoms with Crippen molar-refractivity contribution in [3.8, 4) is 23.0 Å². The number of aryl methyl sites for hydroxylation is 2. The minimum absolute atomic E-state index is 0.191. The number of hydrogen-bond donors (Lipinski definition) is 0. The van der Waals surface area contributed by atoms with Gasteiger partial charge in [0.1, 0.15) is 45.7 Å².